The molecule has 0 radical (unpaired) electrons. The summed E-state index contributed by atoms with van der Waals surface area (Å²) in [6, 6.07) is 12.2. The summed E-state index contributed by atoms with van der Waals surface area (Å²) >= 11 is 0. The van der Waals surface area contributed by atoms with Gasteiger partial charge in [-0.05, 0) is 56.5 Å². The number of unbranched alkanes of at least 4 members (excludes halogenated alkanes) is 3. The van der Waals surface area contributed by atoms with Crippen LogP contribution in [0.5, 0.6) is 0 Å². The van der Waals surface area contributed by atoms with Crippen molar-refractivity contribution in [1.82, 2.24) is 25.2 Å². The number of hydrazone groups is 1. The Hall–Kier alpha value is -4.67. The van der Waals surface area contributed by atoms with Gasteiger partial charge in [0.1, 0.15) is 6.04 Å². The molecular formula is C31H33N7O4. The van der Waals surface area contributed by atoms with Gasteiger partial charge < -0.3 is 5.32 Å². The summed E-state index contributed by atoms with van der Waals surface area (Å²) in [6.07, 6.45) is 8.18. The molecule has 3 aromatic rings. The van der Waals surface area contributed by atoms with Gasteiger partial charge in [-0.2, -0.15) is 5.10 Å². The second-order valence-corrected chi connectivity index (χ2v) is 11.0. The van der Waals surface area contributed by atoms with Crippen molar-refractivity contribution in [3.05, 3.63) is 65.5 Å². The molecular weight excluding hydrogens is 534 g/mol. The molecule has 4 heterocycles. The van der Waals surface area contributed by atoms with Crippen LogP contribution in [0, 0.1) is 0 Å². The molecule has 11 nitrogen and oxygen atoms in total. The van der Waals surface area contributed by atoms with E-state index in [2.05, 4.69) is 32.7 Å². The Kier molecular flexibility index (Phi) is 7.64. The van der Waals surface area contributed by atoms with Crippen molar-refractivity contribution < 1.29 is 19.2 Å². The zero-order chi connectivity index (χ0) is 29.2. The van der Waals surface area contributed by atoms with Crippen LogP contribution in [0.4, 0.5) is 5.69 Å². The lowest BCUT2D eigenvalue weighted by molar-refractivity contribution is -0.136. The van der Waals surface area contributed by atoms with E-state index in [1.807, 2.05) is 36.7 Å². The second-order valence-electron chi connectivity index (χ2n) is 11.0. The number of carbonyl (C=O) groups is 4. The number of amides is 4. The normalized spacial score (nSPS) is 21.8. The number of piperidine rings is 1. The molecule has 0 saturated carbocycles. The first-order valence-corrected chi connectivity index (χ1v) is 14.5. The average molecular weight is 568 g/mol. The highest BCUT2D eigenvalue weighted by atomic mass is 16.2. The van der Waals surface area contributed by atoms with Crippen molar-refractivity contribution in [2.75, 3.05) is 18.4 Å². The van der Waals surface area contributed by atoms with E-state index in [1.54, 1.807) is 18.2 Å². The van der Waals surface area contributed by atoms with E-state index in [9.17, 15) is 19.2 Å². The summed E-state index contributed by atoms with van der Waals surface area (Å²) in [6.45, 7) is 3.80. The van der Waals surface area contributed by atoms with Crippen LogP contribution >= 0.6 is 0 Å². The predicted octanol–water partition coefficient (Wildman–Crippen LogP) is 3.48. The number of hydrogen-bond donors (Lipinski definition) is 2. The second kappa shape index (κ2) is 11.7. The van der Waals surface area contributed by atoms with Crippen LogP contribution in [-0.4, -0.2) is 74.9 Å². The molecule has 3 aliphatic heterocycles. The highest BCUT2D eigenvalue weighted by Crippen LogP contribution is 2.30. The molecule has 1 aromatic heterocycles. The fraction of sp³-hybridized carbons (Fsp3) is 0.387. The number of nitrogens with one attached hydrogen (secondary N) is 2. The molecule has 0 spiro atoms. The highest BCUT2D eigenvalue weighted by molar-refractivity contribution is 6.23. The summed E-state index contributed by atoms with van der Waals surface area (Å²) in [5.74, 6) is -1.87. The van der Waals surface area contributed by atoms with Crippen LogP contribution in [0.25, 0.3) is 11.0 Å². The van der Waals surface area contributed by atoms with Crippen molar-refractivity contribution in [1.29, 1.82) is 0 Å². The van der Waals surface area contributed by atoms with Crippen LogP contribution < -0.4 is 10.6 Å². The van der Waals surface area contributed by atoms with Crippen molar-refractivity contribution in [2.24, 2.45) is 5.10 Å². The Morgan fingerprint density at radius 2 is 1.74 bits per heavy atom. The van der Waals surface area contributed by atoms with E-state index in [-0.39, 0.29) is 41.8 Å². The Bertz CT molecular complexity index is 1590. The minimum absolute atomic E-state index is 0.0991. The number of hydrogen-bond acceptors (Lipinski definition) is 9. The zero-order valence-corrected chi connectivity index (χ0v) is 23.5. The predicted molar refractivity (Wildman–Crippen MR) is 157 cm³/mol. The maximum Gasteiger partial charge on any atom is 0.262 e. The molecule has 0 bridgehead atoms. The van der Waals surface area contributed by atoms with Crippen LogP contribution in [0.1, 0.15) is 77.8 Å². The lowest BCUT2D eigenvalue weighted by atomic mass is 9.99. The minimum Gasteiger partial charge on any atom is -0.385 e. The topological polar surface area (TPSA) is 137 Å². The smallest absolute Gasteiger partial charge is 0.262 e. The molecule has 0 aliphatic carbocycles. The Balaban J connectivity index is 0.929. The van der Waals surface area contributed by atoms with Crippen molar-refractivity contribution >= 4 is 46.6 Å². The molecule has 3 unspecified atom stereocenters. The van der Waals surface area contributed by atoms with Crippen molar-refractivity contribution in [3.8, 4) is 0 Å². The number of para-hydroxylation sites is 2. The van der Waals surface area contributed by atoms with Gasteiger partial charge in [-0.15, -0.1) is 0 Å². The Morgan fingerprint density at radius 1 is 0.952 bits per heavy atom. The fourth-order valence-electron chi connectivity index (χ4n) is 5.86. The van der Waals surface area contributed by atoms with Gasteiger partial charge in [-0.3, -0.25) is 39.4 Å². The minimum atomic E-state index is -0.959. The highest BCUT2D eigenvalue weighted by Gasteiger charge is 2.44. The monoisotopic (exact) mass is 567 g/mol. The molecule has 11 heteroatoms. The molecule has 3 aliphatic rings. The van der Waals surface area contributed by atoms with E-state index in [4.69, 9.17) is 4.98 Å². The standard InChI is InChI=1S/C31H33N7O4/c1-19-23(26-18-33-24-8-4-5-9-25(24)35-26)17-34-37(19)15-7-3-2-6-14-32-20-10-11-21-22(16-20)31(42)38(30(21)41)27-12-13-28(39)36-29(27)40/h4-5,8-11,16-19,23,27,32H,2-3,6-7,12-15H2,1H3,(H,36,39,40). The lowest BCUT2D eigenvalue weighted by Crippen LogP contribution is -2.54. The SMILES string of the molecule is CC1C(c2cnc3ccccc3n2)C=NN1CCCCCCNc1ccc2c(c1)C(=O)N(C1CCC(=O)NC1=O)C2=O. The summed E-state index contributed by atoms with van der Waals surface area (Å²) in [7, 11) is 0. The molecule has 42 heavy (non-hydrogen) atoms. The summed E-state index contributed by atoms with van der Waals surface area (Å²) < 4.78 is 0. The third-order valence-electron chi connectivity index (χ3n) is 8.26. The van der Waals surface area contributed by atoms with Crippen LogP contribution in [0.3, 0.4) is 0 Å². The first-order chi connectivity index (χ1) is 20.4. The van der Waals surface area contributed by atoms with E-state index >= 15 is 0 Å². The number of imide groups is 2. The largest absolute Gasteiger partial charge is 0.385 e. The number of nitrogens with zero attached hydrogens (tertiary/aromatic N) is 5. The Morgan fingerprint density at radius 3 is 2.57 bits per heavy atom. The van der Waals surface area contributed by atoms with E-state index in [0.29, 0.717) is 0 Å². The maximum atomic E-state index is 13.0. The number of anilines is 1. The molecule has 1 fully saturated rings. The zero-order valence-electron chi connectivity index (χ0n) is 23.5. The van der Waals surface area contributed by atoms with E-state index in [1.165, 1.54) is 0 Å². The molecule has 216 valence electrons. The maximum absolute atomic E-state index is 13.0. The van der Waals surface area contributed by atoms with Gasteiger partial charge in [0, 0.05) is 37.6 Å². The van der Waals surface area contributed by atoms with Gasteiger partial charge in [0.05, 0.1) is 39.8 Å². The van der Waals surface area contributed by atoms with E-state index < -0.39 is 23.8 Å². The third kappa shape index (κ3) is 5.34. The fourth-order valence-corrected chi connectivity index (χ4v) is 5.86. The van der Waals surface area contributed by atoms with Crippen LogP contribution in [0.15, 0.2) is 53.8 Å². The van der Waals surface area contributed by atoms with Crippen LogP contribution in [0.2, 0.25) is 0 Å². The number of aromatic nitrogens is 2. The summed E-state index contributed by atoms with van der Waals surface area (Å²) in [5.41, 5.74) is 4.05. The van der Waals surface area contributed by atoms with Gasteiger partial charge in [-0.25, -0.2) is 4.98 Å². The van der Waals surface area contributed by atoms with E-state index in [0.717, 1.165) is 66.1 Å². The average Bonchev–Trinajstić information content (AvgIpc) is 3.48. The molecule has 1 saturated heterocycles. The van der Waals surface area contributed by atoms with Gasteiger partial charge >= 0.3 is 0 Å². The van der Waals surface area contributed by atoms with Crippen molar-refractivity contribution in [2.45, 2.75) is 63.5 Å². The first-order valence-electron chi connectivity index (χ1n) is 14.5. The summed E-state index contributed by atoms with van der Waals surface area (Å²) in [5, 5.41) is 12.3. The van der Waals surface area contributed by atoms with Gasteiger partial charge in [-0.1, -0.05) is 25.0 Å². The van der Waals surface area contributed by atoms with Gasteiger partial charge in [0.2, 0.25) is 11.8 Å². The molecule has 6 rings (SSSR count). The van der Waals surface area contributed by atoms with Gasteiger partial charge in [0.15, 0.2) is 0 Å². The number of fused-ring (bicyclic) bond motifs is 2. The molecule has 3 atom stereocenters. The molecule has 2 N–H and O–H groups in total. The Labute approximate surface area is 243 Å². The lowest BCUT2D eigenvalue weighted by Gasteiger charge is -2.27. The third-order valence-corrected chi connectivity index (χ3v) is 8.26. The summed E-state index contributed by atoms with van der Waals surface area (Å²) in [4.78, 5) is 59.9. The van der Waals surface area contributed by atoms with Crippen molar-refractivity contribution in [3.63, 3.8) is 0 Å². The number of carbonyl (C=O) groups excluding carboxylic acids is 4. The van der Waals surface area contributed by atoms with Crippen LogP contribution in [-0.2, 0) is 9.59 Å². The molecule has 2 aromatic carbocycles. The first kappa shape index (κ1) is 27.5. The number of benzene rings is 2. The van der Waals surface area contributed by atoms with Gasteiger partial charge in [0.25, 0.3) is 11.8 Å². The molecule has 4 amide bonds. The quantitative estimate of drug-likeness (QED) is 0.281. The number of rotatable bonds is 10.